The Labute approximate surface area is 177 Å². The van der Waals surface area contributed by atoms with Crippen LogP contribution in [0.3, 0.4) is 0 Å². The first-order valence-electron chi connectivity index (χ1n) is 10.7. The van der Waals surface area contributed by atoms with E-state index in [1.807, 2.05) is 47.5 Å². The van der Waals surface area contributed by atoms with Gasteiger partial charge in [-0.1, -0.05) is 12.1 Å². The zero-order valence-electron chi connectivity index (χ0n) is 17.2. The molecule has 30 heavy (non-hydrogen) atoms. The SMILES string of the molecule is O=C(NCCCN1CCCC1=O)c1cccc(-c2ccc(N3CCOCC3)nc2)c1. The molecule has 7 nitrogen and oxygen atoms in total. The van der Waals surface area contributed by atoms with Crippen LogP contribution in [0.15, 0.2) is 42.6 Å². The number of aromatic nitrogens is 1. The van der Waals surface area contributed by atoms with Gasteiger partial charge in [-0.15, -0.1) is 0 Å². The Balaban J connectivity index is 1.32. The third-order valence-corrected chi connectivity index (χ3v) is 5.60. The fourth-order valence-electron chi connectivity index (χ4n) is 3.89. The zero-order valence-corrected chi connectivity index (χ0v) is 17.2. The van der Waals surface area contributed by atoms with Crippen LogP contribution in [-0.4, -0.2) is 67.6 Å². The van der Waals surface area contributed by atoms with Gasteiger partial charge in [0, 0.05) is 56.5 Å². The number of rotatable bonds is 7. The van der Waals surface area contributed by atoms with E-state index >= 15 is 0 Å². The summed E-state index contributed by atoms with van der Waals surface area (Å²) >= 11 is 0. The number of benzene rings is 1. The predicted octanol–water partition coefficient (Wildman–Crippen LogP) is 2.33. The number of ether oxygens (including phenoxy) is 1. The molecule has 0 aliphatic carbocycles. The van der Waals surface area contributed by atoms with Crippen molar-refractivity contribution in [3.63, 3.8) is 0 Å². The van der Waals surface area contributed by atoms with Crippen LogP contribution in [0.5, 0.6) is 0 Å². The van der Waals surface area contributed by atoms with Gasteiger partial charge in [0.15, 0.2) is 0 Å². The lowest BCUT2D eigenvalue weighted by Crippen LogP contribution is -2.36. The second kappa shape index (κ2) is 9.71. The van der Waals surface area contributed by atoms with E-state index in [-0.39, 0.29) is 11.8 Å². The van der Waals surface area contributed by atoms with Crippen molar-refractivity contribution in [2.24, 2.45) is 0 Å². The highest BCUT2D eigenvalue weighted by Crippen LogP contribution is 2.22. The molecular formula is C23H28N4O3. The summed E-state index contributed by atoms with van der Waals surface area (Å²) in [6, 6.07) is 11.7. The molecule has 4 rings (SSSR count). The largest absolute Gasteiger partial charge is 0.378 e. The van der Waals surface area contributed by atoms with Crippen LogP contribution in [0.25, 0.3) is 11.1 Å². The smallest absolute Gasteiger partial charge is 0.251 e. The third kappa shape index (κ3) is 4.97. The molecule has 0 unspecified atom stereocenters. The first-order chi connectivity index (χ1) is 14.7. The summed E-state index contributed by atoms with van der Waals surface area (Å²) in [4.78, 5) is 32.8. The first kappa shape index (κ1) is 20.3. The van der Waals surface area contributed by atoms with Crippen LogP contribution < -0.4 is 10.2 Å². The summed E-state index contributed by atoms with van der Waals surface area (Å²) in [7, 11) is 0. The van der Waals surface area contributed by atoms with Gasteiger partial charge in [0.05, 0.1) is 13.2 Å². The van der Waals surface area contributed by atoms with Gasteiger partial charge in [-0.3, -0.25) is 9.59 Å². The summed E-state index contributed by atoms with van der Waals surface area (Å²) in [6.07, 6.45) is 4.22. The lowest BCUT2D eigenvalue weighted by molar-refractivity contribution is -0.127. The van der Waals surface area contributed by atoms with Crippen LogP contribution in [0.4, 0.5) is 5.82 Å². The van der Waals surface area contributed by atoms with Crippen molar-refractivity contribution < 1.29 is 14.3 Å². The highest BCUT2D eigenvalue weighted by Gasteiger charge is 2.19. The van der Waals surface area contributed by atoms with Crippen LogP contribution >= 0.6 is 0 Å². The Kier molecular flexibility index (Phi) is 6.59. The Morgan fingerprint density at radius 2 is 1.97 bits per heavy atom. The van der Waals surface area contributed by atoms with Crippen LogP contribution in [0, 0.1) is 0 Å². The Hall–Kier alpha value is -2.93. The van der Waals surface area contributed by atoms with Gasteiger partial charge in [-0.25, -0.2) is 4.98 Å². The number of pyridine rings is 1. The molecule has 1 aromatic heterocycles. The Bertz CT molecular complexity index is 878. The van der Waals surface area contributed by atoms with Gasteiger partial charge in [0.25, 0.3) is 5.91 Å². The van der Waals surface area contributed by atoms with Gasteiger partial charge in [-0.05, 0) is 42.7 Å². The average Bonchev–Trinajstić information content (AvgIpc) is 3.22. The Morgan fingerprint density at radius 3 is 2.70 bits per heavy atom. The summed E-state index contributed by atoms with van der Waals surface area (Å²) in [5, 5.41) is 2.96. The van der Waals surface area contributed by atoms with Crippen LogP contribution in [0.2, 0.25) is 0 Å². The van der Waals surface area contributed by atoms with E-state index in [4.69, 9.17) is 4.74 Å². The predicted molar refractivity (Wildman–Crippen MR) is 115 cm³/mol. The summed E-state index contributed by atoms with van der Waals surface area (Å²) < 4.78 is 5.39. The number of carbonyl (C=O) groups excluding carboxylic acids is 2. The van der Waals surface area contributed by atoms with Crippen molar-refractivity contribution in [3.8, 4) is 11.1 Å². The van der Waals surface area contributed by atoms with Crippen LogP contribution in [0.1, 0.15) is 29.6 Å². The maximum Gasteiger partial charge on any atom is 0.251 e. The molecule has 2 aliphatic heterocycles. The molecule has 0 atom stereocenters. The molecule has 2 amide bonds. The second-order valence-electron chi connectivity index (χ2n) is 7.68. The number of amides is 2. The number of nitrogens with one attached hydrogen (secondary N) is 1. The topological polar surface area (TPSA) is 74.8 Å². The van der Waals surface area contributed by atoms with E-state index in [9.17, 15) is 9.59 Å². The molecule has 2 aromatic rings. The standard InChI is InChI=1S/C23H28N4O3/c28-22-6-2-10-27(22)11-3-9-24-23(29)19-5-1-4-18(16-19)20-7-8-21(25-17-20)26-12-14-30-15-13-26/h1,4-5,7-8,16-17H,2-3,6,9-15H2,(H,24,29). The summed E-state index contributed by atoms with van der Waals surface area (Å²) in [5.74, 6) is 1.08. The third-order valence-electron chi connectivity index (χ3n) is 5.60. The number of morpholine rings is 1. The fourth-order valence-corrected chi connectivity index (χ4v) is 3.89. The molecule has 1 N–H and O–H groups in total. The lowest BCUT2D eigenvalue weighted by Gasteiger charge is -2.27. The molecular weight excluding hydrogens is 380 g/mol. The molecule has 7 heteroatoms. The molecule has 0 radical (unpaired) electrons. The lowest BCUT2D eigenvalue weighted by atomic mass is 10.0. The van der Waals surface area contributed by atoms with Gasteiger partial charge >= 0.3 is 0 Å². The monoisotopic (exact) mass is 408 g/mol. The highest BCUT2D eigenvalue weighted by atomic mass is 16.5. The van der Waals surface area contributed by atoms with E-state index in [1.54, 1.807) is 0 Å². The van der Waals surface area contributed by atoms with Crippen molar-refractivity contribution in [3.05, 3.63) is 48.2 Å². The molecule has 0 spiro atoms. The van der Waals surface area contributed by atoms with Crippen molar-refractivity contribution in [2.45, 2.75) is 19.3 Å². The molecule has 3 heterocycles. The van der Waals surface area contributed by atoms with Crippen molar-refractivity contribution in [1.82, 2.24) is 15.2 Å². The minimum Gasteiger partial charge on any atom is -0.378 e. The maximum atomic E-state index is 12.5. The van der Waals surface area contributed by atoms with Crippen LogP contribution in [-0.2, 0) is 9.53 Å². The van der Waals surface area contributed by atoms with Gasteiger partial charge < -0.3 is 19.9 Å². The molecule has 2 fully saturated rings. The quantitative estimate of drug-likeness (QED) is 0.712. The van der Waals surface area contributed by atoms with Crippen molar-refractivity contribution in [1.29, 1.82) is 0 Å². The van der Waals surface area contributed by atoms with Gasteiger partial charge in [0.1, 0.15) is 5.82 Å². The molecule has 2 saturated heterocycles. The minimum absolute atomic E-state index is 0.0949. The van der Waals surface area contributed by atoms with E-state index in [0.717, 1.165) is 62.6 Å². The number of hydrogen-bond donors (Lipinski definition) is 1. The zero-order chi connectivity index (χ0) is 20.8. The fraction of sp³-hybridized carbons (Fsp3) is 0.435. The number of carbonyl (C=O) groups is 2. The van der Waals surface area contributed by atoms with Gasteiger partial charge in [-0.2, -0.15) is 0 Å². The number of nitrogens with zero attached hydrogens (tertiary/aromatic N) is 3. The van der Waals surface area contributed by atoms with E-state index in [0.29, 0.717) is 25.1 Å². The molecule has 0 saturated carbocycles. The average molecular weight is 409 g/mol. The van der Waals surface area contributed by atoms with E-state index in [1.165, 1.54) is 0 Å². The first-order valence-corrected chi connectivity index (χ1v) is 10.7. The summed E-state index contributed by atoms with van der Waals surface area (Å²) in [6.45, 7) is 5.28. The highest BCUT2D eigenvalue weighted by molar-refractivity contribution is 5.95. The molecule has 158 valence electrons. The number of hydrogen-bond acceptors (Lipinski definition) is 5. The summed E-state index contributed by atoms with van der Waals surface area (Å²) in [5.41, 5.74) is 2.57. The van der Waals surface area contributed by atoms with Crippen molar-refractivity contribution in [2.75, 3.05) is 50.8 Å². The maximum absolute atomic E-state index is 12.5. The van der Waals surface area contributed by atoms with E-state index in [2.05, 4.69) is 15.2 Å². The Morgan fingerprint density at radius 1 is 1.10 bits per heavy atom. The molecule has 1 aromatic carbocycles. The normalized spacial score (nSPS) is 16.7. The van der Waals surface area contributed by atoms with Crippen molar-refractivity contribution >= 4 is 17.6 Å². The molecule has 2 aliphatic rings. The second-order valence-corrected chi connectivity index (χ2v) is 7.68. The van der Waals surface area contributed by atoms with E-state index < -0.39 is 0 Å². The number of likely N-dealkylation sites (tertiary alicyclic amines) is 1. The molecule has 0 bridgehead atoms. The number of anilines is 1. The van der Waals surface area contributed by atoms with Gasteiger partial charge in [0.2, 0.25) is 5.91 Å². The minimum atomic E-state index is -0.0949.